The molecule has 19 heavy (non-hydrogen) atoms. The molecule has 2 nitrogen and oxygen atoms in total. The molecule has 1 saturated heterocycles. The van der Waals surface area contributed by atoms with Crippen molar-refractivity contribution < 1.29 is 0 Å². The minimum Gasteiger partial charge on any atom is -0.317 e. The van der Waals surface area contributed by atoms with E-state index in [0.29, 0.717) is 5.92 Å². The summed E-state index contributed by atoms with van der Waals surface area (Å²) in [5, 5.41) is 3.44. The first-order chi connectivity index (χ1) is 9.15. The second kappa shape index (κ2) is 7.06. The monoisotopic (exact) mass is 260 g/mol. The highest BCUT2D eigenvalue weighted by atomic mass is 15.1. The van der Waals surface area contributed by atoms with Gasteiger partial charge in [0, 0.05) is 13.1 Å². The Morgan fingerprint density at radius 1 is 1.16 bits per heavy atom. The summed E-state index contributed by atoms with van der Waals surface area (Å²) in [6.07, 6.45) is 2.66. The van der Waals surface area contributed by atoms with E-state index in [1.54, 1.807) is 0 Å². The number of rotatable bonds is 5. The Kier molecular flexibility index (Phi) is 5.41. The van der Waals surface area contributed by atoms with Gasteiger partial charge >= 0.3 is 0 Å². The molecule has 1 aliphatic rings. The van der Waals surface area contributed by atoms with E-state index in [1.807, 2.05) is 0 Å². The van der Waals surface area contributed by atoms with Crippen molar-refractivity contribution in [3.05, 3.63) is 35.4 Å². The second-order valence-corrected chi connectivity index (χ2v) is 6.29. The highest BCUT2D eigenvalue weighted by molar-refractivity contribution is 5.24. The Morgan fingerprint density at radius 2 is 1.79 bits per heavy atom. The van der Waals surface area contributed by atoms with Gasteiger partial charge in [-0.25, -0.2) is 0 Å². The molecule has 106 valence electrons. The molecule has 1 aromatic carbocycles. The summed E-state index contributed by atoms with van der Waals surface area (Å²) in [7, 11) is 2.25. The van der Waals surface area contributed by atoms with Crippen molar-refractivity contribution in [2.24, 2.45) is 5.92 Å². The lowest BCUT2D eigenvalue weighted by Crippen LogP contribution is -2.34. The number of hydrogen-bond donors (Lipinski definition) is 1. The Labute approximate surface area is 118 Å². The zero-order valence-corrected chi connectivity index (χ0v) is 12.7. The fourth-order valence-corrected chi connectivity index (χ4v) is 2.89. The van der Waals surface area contributed by atoms with Crippen LogP contribution in [0.1, 0.15) is 43.7 Å². The van der Waals surface area contributed by atoms with Crippen LogP contribution < -0.4 is 5.32 Å². The van der Waals surface area contributed by atoms with Gasteiger partial charge in [0.1, 0.15) is 0 Å². The predicted molar refractivity (Wildman–Crippen MR) is 82.5 cm³/mol. The van der Waals surface area contributed by atoms with Crippen molar-refractivity contribution in [2.75, 3.05) is 26.7 Å². The predicted octanol–water partition coefficient (Wildman–Crippen LogP) is 3.24. The van der Waals surface area contributed by atoms with Crippen LogP contribution in [0, 0.1) is 5.92 Å². The Balaban J connectivity index is 1.82. The van der Waals surface area contributed by atoms with E-state index in [9.17, 15) is 0 Å². The van der Waals surface area contributed by atoms with Crippen molar-refractivity contribution in [2.45, 2.75) is 39.2 Å². The normalized spacial score (nSPS) is 17.3. The fourth-order valence-electron chi connectivity index (χ4n) is 2.89. The maximum Gasteiger partial charge on any atom is 0.0230 e. The van der Waals surface area contributed by atoms with E-state index < -0.39 is 0 Å². The van der Waals surface area contributed by atoms with E-state index in [4.69, 9.17) is 0 Å². The Hall–Kier alpha value is -0.860. The van der Waals surface area contributed by atoms with Crippen LogP contribution in [0.4, 0.5) is 0 Å². The van der Waals surface area contributed by atoms with E-state index >= 15 is 0 Å². The van der Waals surface area contributed by atoms with Gasteiger partial charge in [-0.3, -0.25) is 0 Å². The fraction of sp³-hybridized carbons (Fsp3) is 0.647. The molecular formula is C17H28N2. The molecule has 1 fully saturated rings. The maximum atomic E-state index is 3.44. The maximum absolute atomic E-state index is 3.44. The average Bonchev–Trinajstić information content (AvgIpc) is 2.40. The molecule has 0 atom stereocenters. The summed E-state index contributed by atoms with van der Waals surface area (Å²) in [4.78, 5) is 2.47. The van der Waals surface area contributed by atoms with Crippen LogP contribution >= 0.6 is 0 Å². The van der Waals surface area contributed by atoms with Crippen molar-refractivity contribution in [1.82, 2.24) is 10.2 Å². The Bertz CT molecular complexity index is 363. The van der Waals surface area contributed by atoms with Gasteiger partial charge in [-0.05, 0) is 55.9 Å². The third-order valence-corrected chi connectivity index (χ3v) is 4.13. The van der Waals surface area contributed by atoms with Gasteiger partial charge in [0.25, 0.3) is 0 Å². The molecule has 2 rings (SSSR count). The van der Waals surface area contributed by atoms with Crippen LogP contribution in [0.5, 0.6) is 0 Å². The number of nitrogens with one attached hydrogen (secondary N) is 1. The summed E-state index contributed by atoms with van der Waals surface area (Å²) in [5.74, 6) is 1.50. The lowest BCUT2D eigenvalue weighted by molar-refractivity contribution is 0.234. The van der Waals surface area contributed by atoms with Gasteiger partial charge in [0.2, 0.25) is 0 Å². The Morgan fingerprint density at radius 3 is 2.37 bits per heavy atom. The van der Waals surface area contributed by atoms with Crippen LogP contribution in [0.3, 0.4) is 0 Å². The molecule has 0 aromatic heterocycles. The number of nitrogens with zero attached hydrogens (tertiary/aromatic N) is 1. The smallest absolute Gasteiger partial charge is 0.0230 e. The quantitative estimate of drug-likeness (QED) is 0.874. The molecular weight excluding hydrogens is 232 g/mol. The van der Waals surface area contributed by atoms with Crippen molar-refractivity contribution >= 4 is 0 Å². The molecule has 1 N–H and O–H groups in total. The van der Waals surface area contributed by atoms with Gasteiger partial charge in [-0.1, -0.05) is 38.1 Å². The molecule has 0 amide bonds. The van der Waals surface area contributed by atoms with E-state index in [1.165, 1.54) is 43.6 Å². The van der Waals surface area contributed by atoms with Crippen LogP contribution in [-0.4, -0.2) is 31.6 Å². The second-order valence-electron chi connectivity index (χ2n) is 6.29. The summed E-state index contributed by atoms with van der Waals surface area (Å²) in [6.45, 7) is 9.19. The first-order valence-electron chi connectivity index (χ1n) is 7.63. The molecule has 1 aliphatic heterocycles. The zero-order chi connectivity index (χ0) is 13.7. The topological polar surface area (TPSA) is 15.3 Å². The third kappa shape index (κ3) is 4.63. The minimum absolute atomic E-state index is 0.626. The number of benzene rings is 1. The first kappa shape index (κ1) is 14.5. The van der Waals surface area contributed by atoms with Crippen molar-refractivity contribution in [1.29, 1.82) is 0 Å². The largest absolute Gasteiger partial charge is 0.317 e. The number of hydrogen-bond acceptors (Lipinski definition) is 2. The lowest BCUT2D eigenvalue weighted by atomic mass is 9.97. The lowest BCUT2D eigenvalue weighted by Gasteiger charge is -2.27. The SMILES string of the molecule is CC(C)c1ccc(CN(C)CC2CCNCC2)cc1. The molecule has 0 radical (unpaired) electrons. The van der Waals surface area contributed by atoms with E-state index in [0.717, 1.165) is 12.5 Å². The standard InChI is InChI=1S/C17H28N2/c1-14(2)17-6-4-15(5-7-17)12-19(3)13-16-8-10-18-11-9-16/h4-7,14,16,18H,8-13H2,1-3H3. The van der Waals surface area contributed by atoms with Gasteiger partial charge < -0.3 is 10.2 Å². The molecule has 1 aromatic rings. The zero-order valence-electron chi connectivity index (χ0n) is 12.7. The molecule has 0 spiro atoms. The van der Waals surface area contributed by atoms with Gasteiger partial charge in [-0.15, -0.1) is 0 Å². The van der Waals surface area contributed by atoms with Crippen LogP contribution in [-0.2, 0) is 6.54 Å². The summed E-state index contributed by atoms with van der Waals surface area (Å²) >= 11 is 0. The van der Waals surface area contributed by atoms with Gasteiger partial charge in [0.05, 0.1) is 0 Å². The summed E-state index contributed by atoms with van der Waals surface area (Å²) in [5.41, 5.74) is 2.87. The van der Waals surface area contributed by atoms with Gasteiger partial charge in [0.15, 0.2) is 0 Å². The van der Waals surface area contributed by atoms with E-state index in [-0.39, 0.29) is 0 Å². The minimum atomic E-state index is 0.626. The van der Waals surface area contributed by atoms with Crippen LogP contribution in [0.2, 0.25) is 0 Å². The van der Waals surface area contributed by atoms with Gasteiger partial charge in [-0.2, -0.15) is 0 Å². The number of piperidine rings is 1. The van der Waals surface area contributed by atoms with Crippen molar-refractivity contribution in [3.63, 3.8) is 0 Å². The highest BCUT2D eigenvalue weighted by Crippen LogP contribution is 2.17. The van der Waals surface area contributed by atoms with Crippen LogP contribution in [0.25, 0.3) is 0 Å². The summed E-state index contributed by atoms with van der Waals surface area (Å²) in [6, 6.07) is 9.12. The van der Waals surface area contributed by atoms with Crippen molar-refractivity contribution in [3.8, 4) is 0 Å². The molecule has 0 saturated carbocycles. The van der Waals surface area contributed by atoms with E-state index in [2.05, 4.69) is 55.4 Å². The molecule has 0 unspecified atom stereocenters. The third-order valence-electron chi connectivity index (χ3n) is 4.13. The summed E-state index contributed by atoms with van der Waals surface area (Å²) < 4.78 is 0. The average molecular weight is 260 g/mol. The molecule has 2 heteroatoms. The first-order valence-corrected chi connectivity index (χ1v) is 7.63. The van der Waals surface area contributed by atoms with Crippen LogP contribution in [0.15, 0.2) is 24.3 Å². The highest BCUT2D eigenvalue weighted by Gasteiger charge is 2.15. The molecule has 1 heterocycles. The molecule has 0 bridgehead atoms. The molecule has 0 aliphatic carbocycles.